The summed E-state index contributed by atoms with van der Waals surface area (Å²) in [5.41, 5.74) is 6.06. The maximum absolute atomic E-state index is 5.42. The van der Waals surface area contributed by atoms with Crippen LogP contribution in [0.1, 0.15) is 20.3 Å². The van der Waals surface area contributed by atoms with E-state index in [0.717, 1.165) is 29.5 Å². The monoisotopic (exact) mass is 206 g/mol. The Labute approximate surface area is 80.9 Å². The Morgan fingerprint density at radius 1 is 1.58 bits per heavy atom. The molecule has 0 amide bonds. The van der Waals surface area contributed by atoms with Crippen molar-refractivity contribution in [3.63, 3.8) is 0 Å². The van der Waals surface area contributed by atoms with E-state index < -0.39 is 0 Å². The van der Waals surface area contributed by atoms with Crippen molar-refractivity contribution >= 4 is 20.2 Å². The molecular formula is C7H22N2OSi2. The van der Waals surface area contributed by atoms with Crippen LogP contribution in [0.5, 0.6) is 0 Å². The molecule has 0 heterocycles. The van der Waals surface area contributed by atoms with Crippen LogP contribution in [0.25, 0.3) is 0 Å². The highest BCUT2D eigenvalue weighted by atomic mass is 28.3. The molecule has 0 aromatic rings. The fourth-order valence-electron chi connectivity index (χ4n) is 1.27. The van der Waals surface area contributed by atoms with Gasteiger partial charge in [-0.05, 0) is 12.3 Å². The summed E-state index contributed by atoms with van der Waals surface area (Å²) in [6.45, 7) is 6.15. The minimum Gasteiger partial charge on any atom is -0.467 e. The van der Waals surface area contributed by atoms with Gasteiger partial charge in [0, 0.05) is 18.8 Å². The number of nitrogens with two attached hydrogens (primary N) is 1. The molecule has 0 radical (unpaired) electrons. The smallest absolute Gasteiger partial charge is 0.162 e. The molecule has 0 bridgehead atoms. The molecule has 0 aliphatic heterocycles. The average Bonchev–Trinajstić information content (AvgIpc) is 2.00. The largest absolute Gasteiger partial charge is 0.467 e. The van der Waals surface area contributed by atoms with Gasteiger partial charge in [-0.15, -0.1) is 0 Å². The van der Waals surface area contributed by atoms with Gasteiger partial charge in [0.1, 0.15) is 10.5 Å². The number of hydrogen-bond acceptors (Lipinski definition) is 3. The van der Waals surface area contributed by atoms with Gasteiger partial charge in [-0.2, -0.15) is 0 Å². The number of nitrogens with one attached hydrogen (secondary N) is 1. The van der Waals surface area contributed by atoms with E-state index >= 15 is 0 Å². The SMILES string of the molecule is CC(C)CC(NCCN)[SiH2]O[SiH3]. The highest BCUT2D eigenvalue weighted by Gasteiger charge is 2.09. The number of rotatable bonds is 7. The molecule has 0 aromatic heterocycles. The zero-order chi connectivity index (χ0) is 9.40. The van der Waals surface area contributed by atoms with Crippen molar-refractivity contribution in [1.29, 1.82) is 0 Å². The second-order valence-electron chi connectivity index (χ2n) is 3.52. The molecule has 0 rings (SSSR count). The Hall–Kier alpha value is 0.314. The molecule has 0 saturated carbocycles. The molecular weight excluding hydrogens is 184 g/mol. The minimum atomic E-state index is -0.332. The van der Waals surface area contributed by atoms with Crippen LogP contribution in [0.3, 0.4) is 0 Å². The Kier molecular flexibility index (Phi) is 8.14. The van der Waals surface area contributed by atoms with E-state index in [9.17, 15) is 0 Å². The van der Waals surface area contributed by atoms with Gasteiger partial charge < -0.3 is 15.2 Å². The summed E-state index contributed by atoms with van der Waals surface area (Å²) in [5, 5.41) is 3.44. The van der Waals surface area contributed by atoms with Gasteiger partial charge in [0.15, 0.2) is 9.76 Å². The van der Waals surface area contributed by atoms with Crippen LogP contribution in [-0.2, 0) is 4.12 Å². The third kappa shape index (κ3) is 6.99. The van der Waals surface area contributed by atoms with Gasteiger partial charge in [0.05, 0.1) is 0 Å². The van der Waals surface area contributed by atoms with E-state index in [-0.39, 0.29) is 9.76 Å². The van der Waals surface area contributed by atoms with Crippen LogP contribution in [0.15, 0.2) is 0 Å². The third-order valence-electron chi connectivity index (χ3n) is 1.70. The second-order valence-corrected chi connectivity index (χ2v) is 7.15. The molecule has 3 nitrogen and oxygen atoms in total. The third-order valence-corrected chi connectivity index (χ3v) is 4.06. The van der Waals surface area contributed by atoms with Crippen molar-refractivity contribution in [2.75, 3.05) is 13.1 Å². The van der Waals surface area contributed by atoms with Gasteiger partial charge in [-0.3, -0.25) is 0 Å². The van der Waals surface area contributed by atoms with E-state index in [1.807, 2.05) is 0 Å². The first-order valence-corrected chi connectivity index (χ1v) is 6.84. The lowest BCUT2D eigenvalue weighted by Gasteiger charge is -2.18. The maximum Gasteiger partial charge on any atom is 0.162 e. The standard InChI is InChI=1S/C7H22N2OSi2/c1-6(2)5-7(12-10-11)9-4-3-8/h6-7,9H,3-5,8,12H2,1-2,11H3. The lowest BCUT2D eigenvalue weighted by Crippen LogP contribution is -2.39. The quantitative estimate of drug-likeness (QED) is 0.488. The van der Waals surface area contributed by atoms with Crippen molar-refractivity contribution in [2.24, 2.45) is 11.7 Å². The summed E-state index contributed by atoms with van der Waals surface area (Å²) < 4.78 is 5.38. The van der Waals surface area contributed by atoms with Crippen molar-refractivity contribution in [3.05, 3.63) is 0 Å². The predicted octanol–water partition coefficient (Wildman–Crippen LogP) is -1.71. The molecule has 0 aromatic carbocycles. The van der Waals surface area contributed by atoms with Crippen molar-refractivity contribution in [1.82, 2.24) is 5.32 Å². The molecule has 0 spiro atoms. The lowest BCUT2D eigenvalue weighted by molar-refractivity contribution is 0.477. The van der Waals surface area contributed by atoms with E-state index in [1.54, 1.807) is 0 Å². The second kappa shape index (κ2) is 7.94. The van der Waals surface area contributed by atoms with Crippen LogP contribution in [0.2, 0.25) is 0 Å². The molecule has 1 atom stereocenters. The van der Waals surface area contributed by atoms with Gasteiger partial charge in [-0.1, -0.05) is 13.8 Å². The molecule has 0 aliphatic rings. The van der Waals surface area contributed by atoms with Gasteiger partial charge >= 0.3 is 0 Å². The minimum absolute atomic E-state index is 0.332. The topological polar surface area (TPSA) is 47.3 Å². The molecule has 0 saturated heterocycles. The van der Waals surface area contributed by atoms with Crippen LogP contribution in [0, 0.1) is 5.92 Å². The van der Waals surface area contributed by atoms with Crippen molar-refractivity contribution < 1.29 is 4.12 Å². The molecule has 1 unspecified atom stereocenters. The zero-order valence-corrected chi connectivity index (χ0v) is 11.9. The summed E-state index contributed by atoms with van der Waals surface area (Å²) in [6.07, 6.45) is 1.23. The predicted molar refractivity (Wildman–Crippen MR) is 59.9 cm³/mol. The molecule has 0 aliphatic carbocycles. The summed E-state index contributed by atoms with van der Waals surface area (Å²) in [6, 6.07) is 0. The normalized spacial score (nSPS) is 15.0. The lowest BCUT2D eigenvalue weighted by atomic mass is 10.1. The fourth-order valence-corrected chi connectivity index (χ4v) is 4.00. The average molecular weight is 206 g/mol. The zero-order valence-electron chi connectivity index (χ0n) is 8.47. The van der Waals surface area contributed by atoms with Crippen LogP contribution in [0.4, 0.5) is 0 Å². The summed E-state index contributed by atoms with van der Waals surface area (Å²) >= 11 is 0. The highest BCUT2D eigenvalue weighted by Crippen LogP contribution is 2.03. The first-order chi connectivity index (χ1) is 5.70. The Bertz CT molecular complexity index is 103. The maximum atomic E-state index is 5.42. The molecule has 5 heteroatoms. The number of hydrogen-bond donors (Lipinski definition) is 2. The van der Waals surface area contributed by atoms with E-state index in [1.165, 1.54) is 6.42 Å². The Balaban J connectivity index is 3.54. The molecule has 3 N–H and O–H groups in total. The first kappa shape index (κ1) is 12.3. The Morgan fingerprint density at radius 3 is 2.67 bits per heavy atom. The van der Waals surface area contributed by atoms with Gasteiger partial charge in [0.25, 0.3) is 0 Å². The highest BCUT2D eigenvalue weighted by molar-refractivity contribution is 6.36. The summed E-state index contributed by atoms with van der Waals surface area (Å²) in [5.74, 6) is 0.754. The summed E-state index contributed by atoms with van der Waals surface area (Å²) in [7, 11) is 0.554. The Morgan fingerprint density at radius 2 is 2.25 bits per heavy atom. The van der Waals surface area contributed by atoms with Crippen LogP contribution < -0.4 is 11.1 Å². The van der Waals surface area contributed by atoms with Gasteiger partial charge in [-0.25, -0.2) is 0 Å². The van der Waals surface area contributed by atoms with Crippen LogP contribution >= 0.6 is 0 Å². The van der Waals surface area contributed by atoms with Crippen molar-refractivity contribution in [2.45, 2.75) is 25.9 Å². The van der Waals surface area contributed by atoms with Crippen LogP contribution in [-0.4, -0.2) is 39.0 Å². The first-order valence-electron chi connectivity index (χ1n) is 4.63. The van der Waals surface area contributed by atoms with Crippen molar-refractivity contribution in [3.8, 4) is 0 Å². The molecule has 0 fully saturated rings. The fraction of sp³-hybridized carbons (Fsp3) is 1.00. The van der Waals surface area contributed by atoms with E-state index in [4.69, 9.17) is 9.85 Å². The van der Waals surface area contributed by atoms with Gasteiger partial charge in [0.2, 0.25) is 0 Å². The molecule has 12 heavy (non-hydrogen) atoms. The van der Waals surface area contributed by atoms with E-state index in [2.05, 4.69) is 19.2 Å². The molecule has 74 valence electrons. The summed E-state index contributed by atoms with van der Waals surface area (Å²) in [4.78, 5) is 0. The van der Waals surface area contributed by atoms with E-state index in [0.29, 0.717) is 5.67 Å².